The number of nitro groups is 1. The molecule has 0 aliphatic carbocycles. The molecule has 0 spiro atoms. The molecular formula is C12H15N5O3. The molecule has 0 fully saturated rings. The van der Waals surface area contributed by atoms with Gasteiger partial charge in [-0.2, -0.15) is 5.10 Å². The summed E-state index contributed by atoms with van der Waals surface area (Å²) in [6.45, 7) is 2.70. The number of nitrogens with one attached hydrogen (secondary N) is 2. The van der Waals surface area contributed by atoms with Crippen LogP contribution in [0.15, 0.2) is 24.5 Å². The molecule has 2 rings (SSSR count). The number of nitrogens with zero attached hydrogens (tertiary/aromatic N) is 3. The Morgan fingerprint density at radius 3 is 3.00 bits per heavy atom. The van der Waals surface area contributed by atoms with Gasteiger partial charge >= 0.3 is 5.69 Å². The molecule has 8 nitrogen and oxygen atoms in total. The minimum Gasteiger partial charge on any atom is -0.487 e. The lowest BCUT2D eigenvalue weighted by Gasteiger charge is -2.10. The molecule has 8 heteroatoms. The molecule has 0 saturated carbocycles. The first kappa shape index (κ1) is 13.8. The molecule has 1 heterocycles. The second-order valence-electron chi connectivity index (χ2n) is 4.04. The fraction of sp³-hybridized carbons (Fsp3) is 0.333. The van der Waals surface area contributed by atoms with Gasteiger partial charge in [0.2, 0.25) is 0 Å². The van der Waals surface area contributed by atoms with E-state index < -0.39 is 4.92 Å². The van der Waals surface area contributed by atoms with Crippen LogP contribution in [0.5, 0.6) is 5.75 Å². The number of nitro benzene ring substituents is 1. The third-order valence-corrected chi connectivity index (χ3v) is 2.55. The van der Waals surface area contributed by atoms with Crippen molar-refractivity contribution < 1.29 is 9.66 Å². The van der Waals surface area contributed by atoms with Gasteiger partial charge in [0.1, 0.15) is 17.8 Å². The van der Waals surface area contributed by atoms with Gasteiger partial charge in [0.25, 0.3) is 0 Å². The number of aromatic nitrogens is 3. The number of ether oxygens (including phenoxy) is 1. The zero-order valence-corrected chi connectivity index (χ0v) is 11.0. The molecule has 106 valence electrons. The molecule has 1 aromatic heterocycles. The largest absolute Gasteiger partial charge is 0.487 e. The van der Waals surface area contributed by atoms with Crippen LogP contribution >= 0.6 is 0 Å². The minimum absolute atomic E-state index is 0.0690. The lowest BCUT2D eigenvalue weighted by molar-refractivity contribution is -0.385. The highest BCUT2D eigenvalue weighted by atomic mass is 16.6. The van der Waals surface area contributed by atoms with Crippen LogP contribution in [0.3, 0.4) is 0 Å². The van der Waals surface area contributed by atoms with Gasteiger partial charge in [-0.1, -0.05) is 13.0 Å². The Hall–Kier alpha value is -2.64. The van der Waals surface area contributed by atoms with Gasteiger partial charge in [-0.25, -0.2) is 4.98 Å². The summed E-state index contributed by atoms with van der Waals surface area (Å²) in [6, 6.07) is 4.93. The Balaban J connectivity index is 2.20. The van der Waals surface area contributed by atoms with Crippen molar-refractivity contribution in [2.45, 2.75) is 19.9 Å². The van der Waals surface area contributed by atoms with Crippen molar-refractivity contribution in [3.8, 4) is 5.75 Å². The monoisotopic (exact) mass is 277 g/mol. The minimum atomic E-state index is -0.451. The van der Waals surface area contributed by atoms with E-state index in [1.807, 2.05) is 6.92 Å². The van der Waals surface area contributed by atoms with E-state index in [1.165, 1.54) is 6.33 Å². The zero-order valence-electron chi connectivity index (χ0n) is 11.0. The highest BCUT2D eigenvalue weighted by molar-refractivity contribution is 5.68. The quantitative estimate of drug-likeness (QED) is 0.593. The summed E-state index contributed by atoms with van der Waals surface area (Å²) in [5, 5.41) is 20.6. The lowest BCUT2D eigenvalue weighted by atomic mass is 10.2. The highest BCUT2D eigenvalue weighted by Gasteiger charge is 2.20. The molecule has 2 aromatic rings. The van der Waals surface area contributed by atoms with E-state index in [0.717, 1.165) is 6.42 Å². The highest BCUT2D eigenvalue weighted by Crippen LogP contribution is 2.34. The third kappa shape index (κ3) is 3.22. The van der Waals surface area contributed by atoms with Crippen molar-refractivity contribution in [3.63, 3.8) is 0 Å². The predicted molar refractivity (Wildman–Crippen MR) is 72.6 cm³/mol. The Bertz CT molecular complexity index is 570. The molecule has 20 heavy (non-hydrogen) atoms. The average molecular weight is 277 g/mol. The molecule has 2 N–H and O–H groups in total. The second-order valence-corrected chi connectivity index (χ2v) is 4.04. The van der Waals surface area contributed by atoms with Gasteiger partial charge in [0.05, 0.1) is 18.1 Å². The van der Waals surface area contributed by atoms with Gasteiger partial charge < -0.3 is 10.1 Å². The van der Waals surface area contributed by atoms with E-state index >= 15 is 0 Å². The molecule has 0 amide bonds. The maximum Gasteiger partial charge on any atom is 0.333 e. The number of hydrogen-bond donors (Lipinski definition) is 2. The Morgan fingerprint density at radius 2 is 2.35 bits per heavy atom. The first-order valence-corrected chi connectivity index (χ1v) is 6.20. The average Bonchev–Trinajstić information content (AvgIpc) is 2.95. The summed E-state index contributed by atoms with van der Waals surface area (Å²) in [7, 11) is 0. The van der Waals surface area contributed by atoms with Crippen molar-refractivity contribution in [2.24, 2.45) is 0 Å². The number of benzene rings is 1. The topological polar surface area (TPSA) is 106 Å². The van der Waals surface area contributed by atoms with Crippen molar-refractivity contribution in [1.82, 2.24) is 15.2 Å². The summed E-state index contributed by atoms with van der Waals surface area (Å²) < 4.78 is 5.41. The first-order chi connectivity index (χ1) is 9.72. The van der Waals surface area contributed by atoms with Crippen LogP contribution in [0, 0.1) is 10.1 Å². The Labute approximate surface area is 115 Å². The fourth-order valence-corrected chi connectivity index (χ4v) is 1.68. The molecule has 0 atom stereocenters. The Morgan fingerprint density at radius 1 is 1.50 bits per heavy atom. The van der Waals surface area contributed by atoms with Crippen molar-refractivity contribution in [3.05, 3.63) is 40.5 Å². The van der Waals surface area contributed by atoms with Crippen LogP contribution in [0.25, 0.3) is 0 Å². The van der Waals surface area contributed by atoms with Gasteiger partial charge in [-0.05, 0) is 18.6 Å². The van der Waals surface area contributed by atoms with E-state index in [0.29, 0.717) is 24.7 Å². The van der Waals surface area contributed by atoms with Crippen LogP contribution in [-0.4, -0.2) is 26.7 Å². The molecular weight excluding hydrogens is 262 g/mol. The van der Waals surface area contributed by atoms with Crippen LogP contribution < -0.4 is 10.1 Å². The summed E-state index contributed by atoms with van der Waals surface area (Å²) in [4.78, 5) is 14.7. The fourth-order valence-electron chi connectivity index (χ4n) is 1.68. The van der Waals surface area contributed by atoms with Gasteiger partial charge in [0, 0.05) is 0 Å². The number of para-hydroxylation sites is 1. The number of anilines is 1. The van der Waals surface area contributed by atoms with Gasteiger partial charge in [-0.15, -0.1) is 0 Å². The standard InChI is InChI=1S/C12H15N5O3/c1-2-6-20-10-5-3-4-9(12(10)17(18)19)13-7-11-14-8-15-16-11/h3-5,8,13H,2,6-7H2,1H3,(H,14,15,16). The van der Waals surface area contributed by atoms with Crippen molar-refractivity contribution in [2.75, 3.05) is 11.9 Å². The number of rotatable bonds is 7. The summed E-state index contributed by atoms with van der Waals surface area (Å²) in [6.07, 6.45) is 2.17. The molecule has 0 radical (unpaired) electrons. The molecule has 0 unspecified atom stereocenters. The van der Waals surface area contributed by atoms with E-state index in [1.54, 1.807) is 18.2 Å². The number of aromatic amines is 1. The summed E-state index contributed by atoms with van der Waals surface area (Å²) >= 11 is 0. The summed E-state index contributed by atoms with van der Waals surface area (Å²) in [5.74, 6) is 0.860. The molecule has 1 aromatic carbocycles. The van der Waals surface area contributed by atoms with Crippen molar-refractivity contribution >= 4 is 11.4 Å². The van der Waals surface area contributed by atoms with Crippen LogP contribution in [0.4, 0.5) is 11.4 Å². The first-order valence-electron chi connectivity index (χ1n) is 6.20. The molecule has 0 aliphatic rings. The predicted octanol–water partition coefficient (Wildman–Crippen LogP) is 2.11. The summed E-state index contributed by atoms with van der Waals surface area (Å²) in [5.41, 5.74) is 0.320. The SMILES string of the molecule is CCCOc1cccc(NCc2ncn[nH]2)c1[N+](=O)[O-]. The van der Waals surface area contributed by atoms with Crippen LogP contribution in [0.1, 0.15) is 19.2 Å². The van der Waals surface area contributed by atoms with Gasteiger partial charge in [-0.3, -0.25) is 15.2 Å². The van der Waals surface area contributed by atoms with Gasteiger partial charge in [0.15, 0.2) is 5.75 Å². The lowest BCUT2D eigenvalue weighted by Crippen LogP contribution is -2.06. The van der Waals surface area contributed by atoms with E-state index in [2.05, 4.69) is 20.5 Å². The zero-order chi connectivity index (χ0) is 14.4. The maximum absolute atomic E-state index is 11.2. The van der Waals surface area contributed by atoms with E-state index in [-0.39, 0.29) is 11.4 Å². The van der Waals surface area contributed by atoms with E-state index in [9.17, 15) is 10.1 Å². The molecule has 0 bridgehead atoms. The van der Waals surface area contributed by atoms with Crippen molar-refractivity contribution in [1.29, 1.82) is 0 Å². The maximum atomic E-state index is 11.2. The van der Waals surface area contributed by atoms with Crippen LogP contribution in [0.2, 0.25) is 0 Å². The Kier molecular flexibility index (Phi) is 4.48. The van der Waals surface area contributed by atoms with Crippen LogP contribution in [-0.2, 0) is 6.54 Å². The van der Waals surface area contributed by atoms with E-state index in [4.69, 9.17) is 4.74 Å². The number of hydrogen-bond acceptors (Lipinski definition) is 6. The molecule has 0 aliphatic heterocycles. The normalized spacial score (nSPS) is 10.2. The smallest absolute Gasteiger partial charge is 0.333 e. The molecule has 0 saturated heterocycles. The number of H-pyrrole nitrogens is 1. The second kappa shape index (κ2) is 6.50. The third-order valence-electron chi connectivity index (χ3n) is 2.55.